The number of carbonyl (C=O) groups excluding carboxylic acids is 1. The molecule has 0 aromatic heterocycles. The Morgan fingerprint density at radius 3 is 2.56 bits per heavy atom. The van der Waals surface area contributed by atoms with Crippen molar-refractivity contribution in [3.05, 3.63) is 35.6 Å². The highest BCUT2D eigenvalue weighted by atomic mass is 19.1. The molecule has 3 fully saturated rings. The molecule has 3 atom stereocenters. The molecule has 2 saturated carbocycles. The molecule has 2 aliphatic carbocycles. The van der Waals surface area contributed by atoms with Crippen molar-refractivity contribution in [1.29, 1.82) is 0 Å². The maximum Gasteiger partial charge on any atom is 0.226 e. The highest BCUT2D eigenvalue weighted by Gasteiger charge is 2.41. The summed E-state index contributed by atoms with van der Waals surface area (Å²) in [6, 6.07) is 7.10. The van der Waals surface area contributed by atoms with E-state index < -0.39 is 0 Å². The number of ether oxygens (including phenoxy) is 1. The molecule has 1 N–H and O–H groups in total. The van der Waals surface area contributed by atoms with Gasteiger partial charge in [0.1, 0.15) is 5.82 Å². The predicted octanol–water partition coefficient (Wildman–Crippen LogP) is 2.55. The first-order valence-corrected chi connectivity index (χ1v) is 9.56. The number of halogens is 1. The summed E-state index contributed by atoms with van der Waals surface area (Å²) in [6.45, 7) is 3.70. The maximum atomic E-state index is 13.3. The molecule has 3 aliphatic rings. The van der Waals surface area contributed by atoms with Crippen LogP contribution in [0.5, 0.6) is 0 Å². The summed E-state index contributed by atoms with van der Waals surface area (Å²) in [4.78, 5) is 15.1. The first-order valence-electron chi connectivity index (χ1n) is 9.56. The fraction of sp³-hybridized carbons (Fsp3) is 0.650. The van der Waals surface area contributed by atoms with Gasteiger partial charge in [0.25, 0.3) is 0 Å². The van der Waals surface area contributed by atoms with Crippen molar-refractivity contribution >= 4 is 5.91 Å². The molecule has 0 radical (unpaired) electrons. The lowest BCUT2D eigenvalue weighted by molar-refractivity contribution is -0.140. The van der Waals surface area contributed by atoms with Crippen LogP contribution in [0.1, 0.15) is 37.2 Å². The second-order valence-electron chi connectivity index (χ2n) is 7.72. The van der Waals surface area contributed by atoms with E-state index in [1.165, 1.54) is 25.0 Å². The zero-order valence-electron chi connectivity index (χ0n) is 14.6. The van der Waals surface area contributed by atoms with Crippen LogP contribution in [-0.2, 0) is 9.53 Å². The van der Waals surface area contributed by atoms with Gasteiger partial charge < -0.3 is 15.0 Å². The van der Waals surface area contributed by atoms with E-state index in [4.69, 9.17) is 4.74 Å². The van der Waals surface area contributed by atoms with Crippen molar-refractivity contribution < 1.29 is 13.9 Å². The van der Waals surface area contributed by atoms with Crippen molar-refractivity contribution in [2.45, 2.75) is 37.6 Å². The Morgan fingerprint density at radius 1 is 1.16 bits per heavy atom. The Balaban J connectivity index is 1.49. The minimum absolute atomic E-state index is 0.0136. The van der Waals surface area contributed by atoms with Crippen LogP contribution in [0.25, 0.3) is 0 Å². The third-order valence-electron chi connectivity index (χ3n) is 5.89. The van der Waals surface area contributed by atoms with E-state index in [1.54, 1.807) is 0 Å². The molecule has 1 aliphatic heterocycles. The van der Waals surface area contributed by atoms with Gasteiger partial charge >= 0.3 is 0 Å². The number of hydrogen-bond donors (Lipinski definition) is 1. The third-order valence-corrected chi connectivity index (χ3v) is 5.89. The van der Waals surface area contributed by atoms with E-state index in [-0.39, 0.29) is 23.6 Å². The molecule has 1 aromatic rings. The number of hydrogen-bond acceptors (Lipinski definition) is 3. The van der Waals surface area contributed by atoms with E-state index in [0.717, 1.165) is 30.9 Å². The normalized spacial score (nSPS) is 29.8. The largest absolute Gasteiger partial charge is 0.378 e. The van der Waals surface area contributed by atoms with Gasteiger partial charge in [-0.1, -0.05) is 12.1 Å². The number of morpholine rings is 1. The molecule has 1 aromatic carbocycles. The Hall–Kier alpha value is -1.46. The lowest BCUT2D eigenvalue weighted by Gasteiger charge is -2.31. The van der Waals surface area contributed by atoms with Crippen LogP contribution < -0.4 is 5.32 Å². The van der Waals surface area contributed by atoms with Crippen LogP contribution in [-0.4, -0.2) is 49.7 Å². The zero-order chi connectivity index (χ0) is 17.2. The Morgan fingerprint density at radius 2 is 1.88 bits per heavy atom. The van der Waals surface area contributed by atoms with Crippen LogP contribution in [0.2, 0.25) is 0 Å². The molecule has 0 unspecified atom stereocenters. The van der Waals surface area contributed by atoms with Gasteiger partial charge in [0.15, 0.2) is 0 Å². The summed E-state index contributed by atoms with van der Waals surface area (Å²) in [5.41, 5.74) is 1.09. The van der Waals surface area contributed by atoms with Crippen molar-refractivity contribution in [1.82, 2.24) is 10.2 Å². The summed E-state index contributed by atoms with van der Waals surface area (Å²) in [7, 11) is 0. The number of nitrogens with one attached hydrogen (secondary N) is 1. The Kier molecular flexibility index (Phi) is 5.04. The highest BCUT2D eigenvalue weighted by molar-refractivity contribution is 5.80. The van der Waals surface area contributed by atoms with Crippen molar-refractivity contribution in [3.63, 3.8) is 0 Å². The van der Waals surface area contributed by atoms with Crippen LogP contribution in [0.3, 0.4) is 0 Å². The average Bonchev–Trinajstić information content (AvgIpc) is 3.39. The zero-order valence-corrected chi connectivity index (χ0v) is 14.6. The molecule has 0 spiro atoms. The van der Waals surface area contributed by atoms with Gasteiger partial charge in [0.05, 0.1) is 13.2 Å². The highest BCUT2D eigenvalue weighted by Crippen LogP contribution is 2.41. The van der Waals surface area contributed by atoms with Gasteiger partial charge in [0.2, 0.25) is 5.91 Å². The molecule has 4 rings (SSSR count). The first-order chi connectivity index (χ1) is 12.2. The second-order valence-corrected chi connectivity index (χ2v) is 7.72. The number of nitrogens with zero attached hydrogens (tertiary/aromatic N) is 1. The first kappa shape index (κ1) is 17.0. The lowest BCUT2D eigenvalue weighted by atomic mass is 9.88. The van der Waals surface area contributed by atoms with Gasteiger partial charge in [-0.25, -0.2) is 4.39 Å². The summed E-state index contributed by atoms with van der Waals surface area (Å²) in [5.74, 6) is 1.01. The number of amides is 1. The van der Waals surface area contributed by atoms with Gasteiger partial charge in [0, 0.05) is 25.0 Å². The van der Waals surface area contributed by atoms with Crippen molar-refractivity contribution in [2.24, 2.45) is 11.8 Å². The lowest BCUT2D eigenvalue weighted by Crippen LogP contribution is -2.44. The van der Waals surface area contributed by atoms with Crippen LogP contribution >= 0.6 is 0 Å². The summed E-state index contributed by atoms with van der Waals surface area (Å²) in [6.07, 6.45) is 4.50. The van der Waals surface area contributed by atoms with Crippen molar-refractivity contribution in [2.75, 3.05) is 32.8 Å². The average molecular weight is 346 g/mol. The molecule has 1 amide bonds. The summed E-state index contributed by atoms with van der Waals surface area (Å²) >= 11 is 0. The van der Waals surface area contributed by atoms with E-state index in [9.17, 15) is 9.18 Å². The second kappa shape index (κ2) is 7.42. The van der Waals surface area contributed by atoms with Gasteiger partial charge in [-0.2, -0.15) is 0 Å². The van der Waals surface area contributed by atoms with Crippen LogP contribution in [0.15, 0.2) is 24.3 Å². The van der Waals surface area contributed by atoms with Crippen LogP contribution in [0, 0.1) is 17.7 Å². The third kappa shape index (κ3) is 4.04. The van der Waals surface area contributed by atoms with E-state index in [1.807, 2.05) is 17.0 Å². The maximum absolute atomic E-state index is 13.3. The molecular formula is C20H27FN2O2. The molecule has 5 heteroatoms. The van der Waals surface area contributed by atoms with Gasteiger partial charge in [-0.15, -0.1) is 0 Å². The quantitative estimate of drug-likeness (QED) is 0.891. The predicted molar refractivity (Wildman–Crippen MR) is 93.8 cm³/mol. The minimum atomic E-state index is -0.221. The monoisotopic (exact) mass is 346 g/mol. The SMILES string of the molecule is O=C([C@H]1C[C@@H](NCC2CC2)C[C@@H]1c1ccc(F)cc1)N1CCOCC1. The summed E-state index contributed by atoms with van der Waals surface area (Å²) in [5, 5.41) is 3.67. The Bertz CT molecular complexity index is 596. The minimum Gasteiger partial charge on any atom is -0.378 e. The molecule has 0 bridgehead atoms. The van der Waals surface area contributed by atoms with Gasteiger partial charge in [-0.3, -0.25) is 4.79 Å². The molecule has 1 heterocycles. The number of benzene rings is 1. The van der Waals surface area contributed by atoms with E-state index >= 15 is 0 Å². The number of carbonyl (C=O) groups is 1. The molecule has 25 heavy (non-hydrogen) atoms. The number of rotatable bonds is 5. The summed E-state index contributed by atoms with van der Waals surface area (Å²) < 4.78 is 18.7. The van der Waals surface area contributed by atoms with Gasteiger partial charge in [-0.05, 0) is 61.8 Å². The molecule has 1 saturated heterocycles. The van der Waals surface area contributed by atoms with Crippen molar-refractivity contribution in [3.8, 4) is 0 Å². The fourth-order valence-corrected chi connectivity index (χ4v) is 4.23. The fourth-order valence-electron chi connectivity index (χ4n) is 4.23. The van der Waals surface area contributed by atoms with Crippen LogP contribution in [0.4, 0.5) is 4.39 Å². The Labute approximate surface area is 148 Å². The standard InChI is InChI=1S/C20H27FN2O2/c21-16-5-3-15(4-6-16)18-11-17(22-13-14-1-2-14)12-19(18)20(24)23-7-9-25-10-8-23/h3-6,14,17-19,22H,1-2,7-13H2/t17-,18+,19-/m0/s1. The molecule has 4 nitrogen and oxygen atoms in total. The van der Waals surface area contributed by atoms with E-state index in [0.29, 0.717) is 32.3 Å². The van der Waals surface area contributed by atoms with E-state index in [2.05, 4.69) is 5.32 Å². The molecular weight excluding hydrogens is 319 g/mol. The molecule has 136 valence electrons. The smallest absolute Gasteiger partial charge is 0.226 e. The topological polar surface area (TPSA) is 41.6 Å².